The standard InChI is InChI=1S/C31H40N2O/c1-5-10-28-23(3)11-9-14-29(28)24(4)32-20-27-17-18-33(31(34)26-16-15-22(2)19-26)21-30(27)25-12-7-6-8-13-25/h5-14,22,24,26-27,30,32H,1,3,15-21H2,2,4H3/b28-10+. The van der Waals surface area contributed by atoms with E-state index in [-0.39, 0.29) is 12.0 Å². The summed E-state index contributed by atoms with van der Waals surface area (Å²) in [5.41, 5.74) is 2.60. The molecule has 2 aromatic carbocycles. The van der Waals surface area contributed by atoms with E-state index in [0.29, 0.717) is 23.7 Å². The van der Waals surface area contributed by atoms with Gasteiger partial charge < -0.3 is 10.2 Å². The monoisotopic (exact) mass is 456 g/mol. The lowest BCUT2D eigenvalue weighted by atomic mass is 9.80. The Balaban J connectivity index is 1.48. The lowest BCUT2D eigenvalue weighted by Gasteiger charge is -2.40. The molecule has 4 rings (SSSR count). The van der Waals surface area contributed by atoms with Gasteiger partial charge in [-0.05, 0) is 72.6 Å². The van der Waals surface area contributed by atoms with E-state index in [9.17, 15) is 4.79 Å². The molecule has 0 radical (unpaired) electrons. The van der Waals surface area contributed by atoms with Crippen LogP contribution in [0.2, 0.25) is 0 Å². The zero-order valence-corrected chi connectivity index (χ0v) is 20.9. The summed E-state index contributed by atoms with van der Waals surface area (Å²) in [7, 11) is 0. The number of carbonyl (C=O) groups excluding carboxylic acids is 1. The molecule has 0 bridgehead atoms. The van der Waals surface area contributed by atoms with E-state index in [4.69, 9.17) is 0 Å². The number of amides is 1. The Bertz CT molecular complexity index is 1090. The van der Waals surface area contributed by atoms with E-state index < -0.39 is 0 Å². The van der Waals surface area contributed by atoms with Crippen LogP contribution in [-0.4, -0.2) is 30.4 Å². The molecule has 1 heterocycles. The van der Waals surface area contributed by atoms with Crippen LogP contribution in [0, 0.1) is 17.8 Å². The highest BCUT2D eigenvalue weighted by Crippen LogP contribution is 2.36. The molecule has 1 aliphatic heterocycles. The largest absolute Gasteiger partial charge is 0.342 e. The number of likely N-dealkylation sites (tertiary alicyclic amines) is 1. The number of nitrogens with one attached hydrogen (secondary N) is 1. The number of carbonyl (C=O) groups is 1. The Morgan fingerprint density at radius 3 is 2.65 bits per heavy atom. The number of piperidine rings is 1. The summed E-state index contributed by atoms with van der Waals surface area (Å²) in [6, 6.07) is 17.3. The van der Waals surface area contributed by atoms with Crippen LogP contribution in [-0.2, 0) is 4.79 Å². The second kappa shape index (κ2) is 11.2. The number of hydrogen-bond donors (Lipinski definition) is 1. The second-order valence-electron chi connectivity index (χ2n) is 10.4. The number of rotatable bonds is 7. The Labute approximate surface area is 205 Å². The number of hydrogen-bond acceptors (Lipinski definition) is 2. The fourth-order valence-corrected chi connectivity index (χ4v) is 5.98. The molecule has 2 aromatic rings. The fourth-order valence-electron chi connectivity index (χ4n) is 5.98. The molecule has 1 amide bonds. The van der Waals surface area contributed by atoms with Gasteiger partial charge in [-0.3, -0.25) is 4.79 Å². The van der Waals surface area contributed by atoms with Gasteiger partial charge in [0.1, 0.15) is 0 Å². The van der Waals surface area contributed by atoms with Crippen molar-refractivity contribution in [1.29, 1.82) is 0 Å². The summed E-state index contributed by atoms with van der Waals surface area (Å²) >= 11 is 0. The van der Waals surface area contributed by atoms with Crippen LogP contribution in [0.5, 0.6) is 0 Å². The van der Waals surface area contributed by atoms with Crippen LogP contribution in [0.1, 0.15) is 62.6 Å². The first-order valence-electron chi connectivity index (χ1n) is 13.0. The molecular formula is C31H40N2O. The summed E-state index contributed by atoms with van der Waals surface area (Å²) in [6.45, 7) is 15.2. The third-order valence-corrected chi connectivity index (χ3v) is 8.01. The molecule has 0 aromatic heterocycles. The second-order valence-corrected chi connectivity index (χ2v) is 10.4. The van der Waals surface area contributed by atoms with Crippen LogP contribution >= 0.6 is 0 Å². The highest BCUT2D eigenvalue weighted by molar-refractivity contribution is 5.79. The Morgan fingerprint density at radius 2 is 1.94 bits per heavy atom. The van der Waals surface area contributed by atoms with Crippen molar-refractivity contribution in [2.75, 3.05) is 19.6 Å². The zero-order valence-electron chi connectivity index (χ0n) is 20.9. The number of benzene rings is 2. The maximum atomic E-state index is 13.3. The van der Waals surface area contributed by atoms with Crippen molar-refractivity contribution in [3.63, 3.8) is 0 Å². The molecular weight excluding hydrogens is 416 g/mol. The van der Waals surface area contributed by atoms with E-state index >= 15 is 0 Å². The maximum Gasteiger partial charge on any atom is 0.225 e. The molecule has 3 heteroatoms. The SMILES string of the molecule is C=C/C=c1/c(C(C)NCC2CCN(C(=O)C3CCC(C)C3)CC2c2ccccc2)cccc1=C. The molecule has 1 saturated heterocycles. The molecule has 3 nitrogen and oxygen atoms in total. The van der Waals surface area contributed by atoms with Crippen molar-refractivity contribution in [2.24, 2.45) is 17.8 Å². The molecule has 180 valence electrons. The van der Waals surface area contributed by atoms with Gasteiger partial charge >= 0.3 is 0 Å². The lowest BCUT2D eigenvalue weighted by molar-refractivity contribution is -0.137. The first kappa shape index (κ1) is 24.5. The Hall–Kier alpha value is -2.65. The average molecular weight is 457 g/mol. The van der Waals surface area contributed by atoms with Crippen LogP contribution < -0.4 is 15.8 Å². The van der Waals surface area contributed by atoms with E-state index in [1.165, 1.54) is 17.5 Å². The van der Waals surface area contributed by atoms with Crippen molar-refractivity contribution >= 4 is 18.6 Å². The third-order valence-electron chi connectivity index (χ3n) is 8.01. The summed E-state index contributed by atoms with van der Waals surface area (Å²) < 4.78 is 0. The highest BCUT2D eigenvalue weighted by Gasteiger charge is 2.36. The van der Waals surface area contributed by atoms with E-state index in [0.717, 1.165) is 49.3 Å². The van der Waals surface area contributed by atoms with E-state index in [1.807, 2.05) is 6.08 Å². The van der Waals surface area contributed by atoms with Gasteiger partial charge in [0.15, 0.2) is 0 Å². The number of nitrogens with zero attached hydrogens (tertiary/aromatic N) is 1. The average Bonchev–Trinajstić information content (AvgIpc) is 3.30. The minimum atomic E-state index is 0.212. The first-order valence-corrected chi connectivity index (χ1v) is 13.0. The van der Waals surface area contributed by atoms with Crippen molar-refractivity contribution in [2.45, 2.75) is 51.5 Å². The van der Waals surface area contributed by atoms with Crippen molar-refractivity contribution in [3.05, 3.63) is 82.8 Å². The van der Waals surface area contributed by atoms with Crippen molar-refractivity contribution in [3.8, 4) is 0 Å². The minimum absolute atomic E-state index is 0.212. The fraction of sp³-hybridized carbons (Fsp3) is 0.452. The number of allylic oxidation sites excluding steroid dienone is 1. The summed E-state index contributed by atoms with van der Waals surface area (Å²) in [4.78, 5) is 15.5. The van der Waals surface area contributed by atoms with Crippen molar-refractivity contribution < 1.29 is 4.79 Å². The molecule has 0 spiro atoms. The Kier molecular flexibility index (Phi) is 8.05. The summed E-state index contributed by atoms with van der Waals surface area (Å²) in [5.74, 6) is 2.15. The molecule has 1 N–H and O–H groups in total. The predicted octanol–water partition coefficient (Wildman–Crippen LogP) is 4.78. The van der Waals surface area contributed by atoms with Crippen LogP contribution in [0.15, 0.2) is 61.2 Å². The summed E-state index contributed by atoms with van der Waals surface area (Å²) in [5, 5.41) is 6.00. The summed E-state index contributed by atoms with van der Waals surface area (Å²) in [6.07, 6.45) is 8.23. The third kappa shape index (κ3) is 5.52. The quantitative estimate of drug-likeness (QED) is 0.650. The van der Waals surface area contributed by atoms with E-state index in [1.54, 1.807) is 0 Å². The molecule has 5 unspecified atom stereocenters. The van der Waals surface area contributed by atoms with Gasteiger partial charge in [-0.15, -0.1) is 0 Å². The van der Waals surface area contributed by atoms with Gasteiger partial charge in [-0.2, -0.15) is 0 Å². The first-order chi connectivity index (χ1) is 16.5. The predicted molar refractivity (Wildman–Crippen MR) is 143 cm³/mol. The highest BCUT2D eigenvalue weighted by atomic mass is 16.2. The smallest absolute Gasteiger partial charge is 0.225 e. The van der Waals surface area contributed by atoms with Gasteiger partial charge in [0, 0.05) is 31.0 Å². The van der Waals surface area contributed by atoms with Crippen LogP contribution in [0.3, 0.4) is 0 Å². The lowest BCUT2D eigenvalue weighted by Crippen LogP contribution is -2.47. The van der Waals surface area contributed by atoms with Crippen LogP contribution in [0.25, 0.3) is 12.7 Å². The van der Waals surface area contributed by atoms with Gasteiger partial charge in [0.2, 0.25) is 5.91 Å². The molecule has 2 aliphatic rings. The van der Waals surface area contributed by atoms with Gasteiger partial charge in [0.05, 0.1) is 0 Å². The molecule has 1 saturated carbocycles. The minimum Gasteiger partial charge on any atom is -0.342 e. The molecule has 1 aliphatic carbocycles. The maximum absolute atomic E-state index is 13.3. The van der Waals surface area contributed by atoms with Crippen LogP contribution in [0.4, 0.5) is 0 Å². The van der Waals surface area contributed by atoms with Gasteiger partial charge in [0.25, 0.3) is 0 Å². The van der Waals surface area contributed by atoms with Gasteiger partial charge in [-0.1, -0.05) is 80.8 Å². The molecule has 2 fully saturated rings. The molecule has 5 atom stereocenters. The molecule has 34 heavy (non-hydrogen) atoms. The van der Waals surface area contributed by atoms with E-state index in [2.05, 4.69) is 91.8 Å². The normalized spacial score (nSPS) is 26.4. The topological polar surface area (TPSA) is 32.3 Å². The van der Waals surface area contributed by atoms with Crippen molar-refractivity contribution in [1.82, 2.24) is 10.2 Å². The zero-order chi connectivity index (χ0) is 24.1. The van der Waals surface area contributed by atoms with Gasteiger partial charge in [-0.25, -0.2) is 0 Å². The Morgan fingerprint density at radius 1 is 1.15 bits per heavy atom.